The van der Waals surface area contributed by atoms with Gasteiger partial charge in [-0.05, 0) is 160 Å². The molecule has 2 saturated carbocycles. The van der Waals surface area contributed by atoms with Crippen LogP contribution in [0.3, 0.4) is 0 Å². The summed E-state index contributed by atoms with van der Waals surface area (Å²) < 4.78 is 25.0. The molecule has 2 aliphatic carbocycles. The number of nitrogens with zero attached hydrogens (tertiary/aromatic N) is 5. The molecule has 8 aliphatic rings. The van der Waals surface area contributed by atoms with E-state index in [1.165, 1.54) is 12.6 Å². The third-order valence-electron chi connectivity index (χ3n) is 22.7. The molecule has 1 spiro atoms. The Hall–Kier alpha value is -9.84. The minimum Gasteiger partial charge on any atom is -0.493 e. The number of hydrogen-bond acceptors (Lipinski definition) is 17. The van der Waals surface area contributed by atoms with E-state index in [4.69, 9.17) is 18.9 Å². The average Bonchev–Trinajstić information content (AvgIpc) is 1.55. The van der Waals surface area contributed by atoms with Crippen LogP contribution in [-0.2, 0) is 56.0 Å². The third kappa shape index (κ3) is 17.3. The molecule has 5 fully saturated rings. The summed E-state index contributed by atoms with van der Waals surface area (Å²) in [5.41, 5.74) is 8.02. The lowest BCUT2D eigenvalue weighted by atomic mass is 9.64. The van der Waals surface area contributed by atoms with Crippen molar-refractivity contribution >= 4 is 75.6 Å². The standard InChI is InChI=1S/C82H100N12O13/c1-51(2)75(89-73(97)47-85-72(96)46-84-71(95)28-29-74(98)93-48-57-16-9-8-14-54(57)20-21-56-15-10-11-17-64(56)93)78(101)86-52(3)76(99)87-59-24-18-53(19-25-59)42-82-44-69(105-6)68(41-70(82)88-77(100)65-43-81(30-31-81)50-94(65)80(82)103)107-37-13-7-12-36-106-67-40-63-62(39-66(67)104-5)79(102)92-49-58(38-61(92)45-83-63)55-22-26-60(27-23-55)91-34-32-90(4)33-35-91/h8-11,14-19,22-27,39-40,49,51-52,61,65,68-70,75,77,83,88,100H,7,12-13,28-38,41-48,50H2,1-6H3,(H,84,95)(H,85,96)(H,86,101)(H,87,99)(H,89,97)/t52-,61-,65-,68?,69?,70?,75-,77?,82?/m0/s1. The van der Waals surface area contributed by atoms with Crippen LogP contribution in [0, 0.1) is 28.6 Å². The zero-order valence-electron chi connectivity index (χ0n) is 62.0. The Bertz CT molecular complexity index is 4240. The van der Waals surface area contributed by atoms with Crippen LogP contribution >= 0.6 is 0 Å². The van der Waals surface area contributed by atoms with E-state index in [1.807, 2.05) is 82.7 Å². The highest BCUT2D eigenvalue weighted by atomic mass is 16.5. The van der Waals surface area contributed by atoms with Crippen LogP contribution in [0.4, 0.5) is 22.7 Å². The second-order valence-corrected chi connectivity index (χ2v) is 30.4. The molecule has 8 amide bonds. The molecule has 6 aliphatic heterocycles. The van der Waals surface area contributed by atoms with Crippen molar-refractivity contribution in [2.45, 2.75) is 153 Å². The van der Waals surface area contributed by atoms with Gasteiger partial charge in [-0.1, -0.05) is 80.3 Å². The predicted octanol–water partition coefficient (Wildman–Crippen LogP) is 6.31. The molecule has 9 atom stereocenters. The molecule has 5 aromatic carbocycles. The van der Waals surface area contributed by atoms with Gasteiger partial charge in [-0.3, -0.25) is 43.7 Å². The number of piperazine rings is 1. The smallest absolute Gasteiger partial charge is 0.260 e. The number of amides is 8. The lowest BCUT2D eigenvalue weighted by Crippen LogP contribution is -2.61. The molecular formula is C82H100N12O13. The molecule has 5 aromatic rings. The first-order valence-electron chi connectivity index (χ1n) is 37.8. The van der Waals surface area contributed by atoms with Crippen molar-refractivity contribution in [1.82, 2.24) is 41.3 Å². The lowest BCUT2D eigenvalue weighted by molar-refractivity contribution is -0.158. The van der Waals surface area contributed by atoms with Crippen molar-refractivity contribution in [3.05, 3.63) is 149 Å². The first-order valence-corrected chi connectivity index (χ1v) is 37.8. The van der Waals surface area contributed by atoms with Gasteiger partial charge in [0.15, 0.2) is 11.5 Å². The number of hydrogen-bond donors (Lipinski definition) is 8. The summed E-state index contributed by atoms with van der Waals surface area (Å²) in [5, 5.41) is 32.2. The topological polar surface area (TPSA) is 294 Å². The molecule has 0 bridgehead atoms. The number of aliphatic hydroxyl groups excluding tert-OH is 1. The number of unbranched alkanes of at least 4 members (excludes halogenated alkanes) is 2. The average molecular weight is 1460 g/mol. The number of nitrogens with one attached hydrogen (secondary N) is 7. The number of methoxy groups -OCH3 is 2. The largest absolute Gasteiger partial charge is 0.493 e. The van der Waals surface area contributed by atoms with Gasteiger partial charge in [-0.15, -0.1) is 0 Å². The van der Waals surface area contributed by atoms with E-state index >= 15 is 4.79 Å². The lowest BCUT2D eigenvalue weighted by Gasteiger charge is -2.48. The van der Waals surface area contributed by atoms with E-state index in [0.29, 0.717) is 85.3 Å². The summed E-state index contributed by atoms with van der Waals surface area (Å²) in [4.78, 5) is 120. The maximum atomic E-state index is 15.4. The van der Waals surface area contributed by atoms with Gasteiger partial charge in [0, 0.05) is 107 Å². The molecule has 6 heterocycles. The monoisotopic (exact) mass is 1460 g/mol. The maximum Gasteiger partial charge on any atom is 0.260 e. The van der Waals surface area contributed by atoms with Crippen LogP contribution in [-0.4, -0.2) is 203 Å². The van der Waals surface area contributed by atoms with Crippen LogP contribution in [0.5, 0.6) is 11.5 Å². The van der Waals surface area contributed by atoms with Crippen LogP contribution in [0.15, 0.2) is 115 Å². The van der Waals surface area contributed by atoms with E-state index < -0.39 is 84.4 Å². The Kier molecular flexibility index (Phi) is 23.3. The van der Waals surface area contributed by atoms with Gasteiger partial charge >= 0.3 is 0 Å². The molecular weight excluding hydrogens is 1360 g/mol. The summed E-state index contributed by atoms with van der Waals surface area (Å²) >= 11 is 0. The fourth-order valence-corrected chi connectivity index (χ4v) is 16.2. The van der Waals surface area contributed by atoms with E-state index in [0.717, 1.165) is 99.0 Å². The van der Waals surface area contributed by atoms with Crippen molar-refractivity contribution < 1.29 is 62.4 Å². The van der Waals surface area contributed by atoms with Crippen LogP contribution < -0.4 is 56.5 Å². The number of ether oxygens (including phenoxy) is 4. The number of aliphatic hydroxyl groups is 1. The van der Waals surface area contributed by atoms with Crippen LogP contribution in [0.25, 0.3) is 5.57 Å². The summed E-state index contributed by atoms with van der Waals surface area (Å²) in [5.74, 6) is 3.56. The van der Waals surface area contributed by atoms with E-state index in [9.17, 15) is 38.7 Å². The van der Waals surface area contributed by atoms with Crippen molar-refractivity contribution in [2.75, 3.05) is 107 Å². The Morgan fingerprint density at radius 2 is 1.47 bits per heavy atom. The first-order chi connectivity index (χ1) is 51.7. The van der Waals surface area contributed by atoms with Gasteiger partial charge in [0.2, 0.25) is 41.4 Å². The van der Waals surface area contributed by atoms with Gasteiger partial charge in [0.25, 0.3) is 5.91 Å². The summed E-state index contributed by atoms with van der Waals surface area (Å²) in [6.07, 6.45) is 6.80. The quantitative estimate of drug-likeness (QED) is 0.0211. The first kappa shape index (κ1) is 75.4. The van der Waals surface area contributed by atoms with Crippen molar-refractivity contribution in [3.8, 4) is 23.3 Å². The summed E-state index contributed by atoms with van der Waals surface area (Å²) in [7, 11) is 5.39. The minimum absolute atomic E-state index is 0.0138. The second-order valence-electron chi connectivity index (χ2n) is 30.4. The Labute approximate surface area is 625 Å². The van der Waals surface area contributed by atoms with Gasteiger partial charge in [0.05, 0.1) is 80.0 Å². The number of likely N-dealkylation sites (N-methyl/N-ethyl adjacent to an activating group) is 1. The zero-order valence-corrected chi connectivity index (χ0v) is 62.0. The van der Waals surface area contributed by atoms with E-state index in [-0.39, 0.29) is 60.7 Å². The van der Waals surface area contributed by atoms with Crippen molar-refractivity contribution in [3.63, 3.8) is 0 Å². The normalized spacial score (nSPS) is 23.0. The summed E-state index contributed by atoms with van der Waals surface area (Å²) in [6, 6.07) is 31.5. The van der Waals surface area contributed by atoms with Gasteiger partial charge < -0.3 is 80.5 Å². The number of fused-ring (bicyclic) bond motifs is 6. The number of benzene rings is 5. The number of rotatable bonds is 27. The molecule has 25 nitrogen and oxygen atoms in total. The van der Waals surface area contributed by atoms with E-state index in [1.54, 1.807) is 51.2 Å². The number of para-hydroxylation sites is 1. The molecule has 566 valence electrons. The zero-order chi connectivity index (χ0) is 75.1. The highest BCUT2D eigenvalue weighted by Crippen LogP contribution is 2.58. The fraction of sp³-hybridized carbons (Fsp3) is 0.488. The van der Waals surface area contributed by atoms with Gasteiger partial charge in [-0.2, -0.15) is 0 Å². The molecule has 3 saturated heterocycles. The molecule has 0 aromatic heterocycles. The van der Waals surface area contributed by atoms with Crippen LogP contribution in [0.1, 0.15) is 130 Å². The van der Waals surface area contributed by atoms with Crippen LogP contribution in [0.2, 0.25) is 0 Å². The second kappa shape index (κ2) is 33.1. The number of carbonyl (C=O) groups is 8. The molecule has 107 heavy (non-hydrogen) atoms. The summed E-state index contributed by atoms with van der Waals surface area (Å²) in [6.45, 7) is 10.4. The molecule has 25 heteroatoms. The highest BCUT2D eigenvalue weighted by molar-refractivity contribution is 6.04. The minimum atomic E-state index is -1.08. The SMILES string of the molecule is COc1cc2c(cc1OCCCCCOC1CC3NC(O)[C@@H]4CC5(CC5)CN4C(=O)C3(Cc3ccc(NC(=O)[C@H](C)NC(=O)[C@@H](NC(=O)CNC(=O)CNC(=O)CCC(=O)N4Cc5ccccc5C#Cc5ccccc54)C(C)C)cc3)CC1OC)NC[C@@H]1CC(c3ccc(N4CCN(C)CC4)cc3)=CN1C2=O. The number of carbonyl (C=O) groups excluding carboxylic acids is 8. The van der Waals surface area contributed by atoms with Crippen molar-refractivity contribution in [2.24, 2.45) is 16.7 Å². The van der Waals surface area contributed by atoms with E-state index in [2.05, 4.69) is 90.2 Å². The Balaban J connectivity index is 0.557. The Morgan fingerprint density at radius 3 is 2.21 bits per heavy atom. The molecule has 13 rings (SSSR count). The fourth-order valence-electron chi connectivity index (χ4n) is 16.2. The maximum absolute atomic E-state index is 15.4. The predicted molar refractivity (Wildman–Crippen MR) is 405 cm³/mol. The molecule has 0 radical (unpaired) electrons. The number of anilines is 4. The van der Waals surface area contributed by atoms with Crippen molar-refractivity contribution in [1.29, 1.82) is 0 Å². The molecule has 5 unspecified atom stereocenters. The Morgan fingerprint density at radius 1 is 0.748 bits per heavy atom. The third-order valence-corrected chi connectivity index (χ3v) is 22.7. The highest BCUT2D eigenvalue weighted by Gasteiger charge is 2.63. The molecule has 8 N–H and O–H groups in total. The van der Waals surface area contributed by atoms with Gasteiger partial charge in [0.1, 0.15) is 18.3 Å². The van der Waals surface area contributed by atoms with Gasteiger partial charge in [-0.25, -0.2) is 0 Å².